The fraction of sp³-hybridized carbons (Fsp3) is 0.850. The lowest BCUT2D eigenvalue weighted by Crippen LogP contribution is -2.42. The fourth-order valence-corrected chi connectivity index (χ4v) is 4.41. The van der Waals surface area contributed by atoms with Crippen LogP contribution in [-0.4, -0.2) is 65.5 Å². The van der Waals surface area contributed by atoms with Gasteiger partial charge in [0.25, 0.3) is 5.91 Å². The van der Waals surface area contributed by atoms with Gasteiger partial charge >= 0.3 is 0 Å². The zero-order valence-corrected chi connectivity index (χ0v) is 16.8. The van der Waals surface area contributed by atoms with Gasteiger partial charge in [0.05, 0.1) is 6.61 Å². The van der Waals surface area contributed by atoms with Crippen molar-refractivity contribution in [2.24, 2.45) is 11.3 Å². The van der Waals surface area contributed by atoms with Crippen LogP contribution in [0.25, 0.3) is 0 Å². The van der Waals surface area contributed by atoms with E-state index in [0.717, 1.165) is 83.3 Å². The van der Waals surface area contributed by atoms with E-state index in [1.165, 1.54) is 12.8 Å². The Hall–Kier alpha value is -1.63. The molecule has 0 unspecified atom stereocenters. The molecule has 1 amide bonds. The number of aromatic nitrogens is 3. The number of carbonyl (C=O) groups is 1. The molecule has 0 atom stereocenters. The highest BCUT2D eigenvalue weighted by atomic mass is 16.5. The van der Waals surface area contributed by atoms with Gasteiger partial charge in [-0.2, -0.15) is 0 Å². The number of anilines is 1. The lowest BCUT2D eigenvalue weighted by atomic mass is 9.81. The molecule has 2 saturated heterocycles. The number of hydrogen-bond donors (Lipinski definition) is 0. The Bertz CT molecular complexity index is 655. The topological polar surface area (TPSA) is 63.5 Å². The van der Waals surface area contributed by atoms with Crippen molar-refractivity contribution in [3.63, 3.8) is 0 Å². The van der Waals surface area contributed by atoms with Gasteiger partial charge in [0.1, 0.15) is 0 Å². The largest absolute Gasteiger partial charge is 0.384 e. The van der Waals surface area contributed by atoms with Crippen LogP contribution in [0.15, 0.2) is 0 Å². The van der Waals surface area contributed by atoms with Crippen LogP contribution in [0.4, 0.5) is 5.95 Å². The molecule has 3 heterocycles. The number of rotatable bonds is 7. The first-order valence-corrected chi connectivity index (χ1v) is 10.6. The summed E-state index contributed by atoms with van der Waals surface area (Å²) >= 11 is 0. The molecule has 27 heavy (non-hydrogen) atoms. The van der Waals surface area contributed by atoms with Gasteiger partial charge in [0.2, 0.25) is 11.8 Å². The van der Waals surface area contributed by atoms with Crippen molar-refractivity contribution in [1.29, 1.82) is 0 Å². The minimum atomic E-state index is 0.0586. The van der Waals surface area contributed by atoms with Crippen molar-refractivity contribution in [2.75, 3.05) is 44.8 Å². The molecule has 0 N–H and O–H groups in total. The third-order valence-corrected chi connectivity index (χ3v) is 6.52. The average Bonchev–Trinajstić information content (AvgIpc) is 3.16. The predicted octanol–water partition coefficient (Wildman–Crippen LogP) is 2.57. The second-order valence-corrected chi connectivity index (χ2v) is 8.94. The molecule has 0 spiro atoms. The maximum Gasteiger partial charge on any atom is 0.291 e. The summed E-state index contributed by atoms with van der Waals surface area (Å²) in [6.45, 7) is 7.54. The smallest absolute Gasteiger partial charge is 0.291 e. The Morgan fingerprint density at radius 1 is 1.15 bits per heavy atom. The Morgan fingerprint density at radius 2 is 1.85 bits per heavy atom. The SMILES string of the molecule is COCC1(C)CCN(c2nnc(C(=O)N3CCCC3)n2CCC2CC2)CC1. The minimum absolute atomic E-state index is 0.0586. The molecule has 4 rings (SSSR count). The van der Waals surface area contributed by atoms with Gasteiger partial charge in [-0.15, -0.1) is 10.2 Å². The number of nitrogens with zero attached hydrogens (tertiary/aromatic N) is 5. The zero-order chi connectivity index (χ0) is 18.9. The molecule has 150 valence electrons. The maximum absolute atomic E-state index is 13.0. The highest BCUT2D eigenvalue weighted by Gasteiger charge is 2.34. The van der Waals surface area contributed by atoms with Crippen LogP contribution in [0.2, 0.25) is 0 Å². The molecular formula is C20H33N5O2. The van der Waals surface area contributed by atoms with E-state index in [1.54, 1.807) is 7.11 Å². The zero-order valence-electron chi connectivity index (χ0n) is 16.8. The van der Waals surface area contributed by atoms with E-state index in [-0.39, 0.29) is 11.3 Å². The van der Waals surface area contributed by atoms with Gasteiger partial charge in [0, 0.05) is 39.8 Å². The highest BCUT2D eigenvalue weighted by molar-refractivity contribution is 5.91. The molecule has 1 aliphatic carbocycles. The predicted molar refractivity (Wildman–Crippen MR) is 104 cm³/mol. The number of ether oxygens (including phenoxy) is 1. The normalized spacial score (nSPS) is 22.4. The van der Waals surface area contributed by atoms with Crippen LogP contribution < -0.4 is 4.90 Å². The van der Waals surface area contributed by atoms with Gasteiger partial charge < -0.3 is 14.5 Å². The van der Waals surface area contributed by atoms with E-state index in [4.69, 9.17) is 4.74 Å². The molecule has 0 radical (unpaired) electrons. The Labute approximate surface area is 162 Å². The molecule has 3 fully saturated rings. The molecule has 0 bridgehead atoms. The molecule has 1 saturated carbocycles. The monoisotopic (exact) mass is 375 g/mol. The number of piperidine rings is 1. The number of hydrogen-bond acceptors (Lipinski definition) is 5. The summed E-state index contributed by atoms with van der Waals surface area (Å²) in [4.78, 5) is 17.2. The molecule has 1 aromatic heterocycles. The first-order valence-electron chi connectivity index (χ1n) is 10.6. The summed E-state index contributed by atoms with van der Waals surface area (Å²) in [5, 5.41) is 8.85. The molecule has 2 aliphatic heterocycles. The molecule has 7 nitrogen and oxygen atoms in total. The Morgan fingerprint density at radius 3 is 2.48 bits per heavy atom. The molecule has 7 heteroatoms. The standard InChI is InChI=1S/C20H33N5O2/c1-20(15-27-2)8-13-24(14-9-20)19-22-21-17(18(26)23-10-3-4-11-23)25(19)12-7-16-5-6-16/h16H,3-15H2,1-2H3. The van der Waals surface area contributed by atoms with E-state index >= 15 is 0 Å². The second-order valence-electron chi connectivity index (χ2n) is 8.94. The van der Waals surface area contributed by atoms with Crippen molar-refractivity contribution in [3.8, 4) is 0 Å². The summed E-state index contributed by atoms with van der Waals surface area (Å²) in [5.41, 5.74) is 0.234. The summed E-state index contributed by atoms with van der Waals surface area (Å²) in [6, 6.07) is 0. The third-order valence-electron chi connectivity index (χ3n) is 6.52. The van der Waals surface area contributed by atoms with Crippen molar-refractivity contribution >= 4 is 11.9 Å². The lowest BCUT2D eigenvalue weighted by Gasteiger charge is -2.39. The first-order chi connectivity index (χ1) is 13.1. The van der Waals surface area contributed by atoms with E-state index in [2.05, 4.69) is 26.6 Å². The van der Waals surface area contributed by atoms with Crippen molar-refractivity contribution in [2.45, 2.75) is 58.4 Å². The third kappa shape index (κ3) is 4.13. The summed E-state index contributed by atoms with van der Waals surface area (Å²) in [6.07, 6.45) is 8.12. The summed E-state index contributed by atoms with van der Waals surface area (Å²) in [5.74, 6) is 2.31. The van der Waals surface area contributed by atoms with Crippen LogP contribution in [0.1, 0.15) is 62.5 Å². The van der Waals surface area contributed by atoms with E-state index < -0.39 is 0 Å². The van der Waals surface area contributed by atoms with E-state index in [1.807, 2.05) is 4.90 Å². The summed E-state index contributed by atoms with van der Waals surface area (Å²) in [7, 11) is 1.78. The van der Waals surface area contributed by atoms with Gasteiger partial charge in [-0.1, -0.05) is 19.8 Å². The number of carbonyl (C=O) groups excluding carboxylic acids is 1. The first kappa shape index (κ1) is 18.7. The molecular weight excluding hydrogens is 342 g/mol. The average molecular weight is 376 g/mol. The Balaban J connectivity index is 1.52. The highest BCUT2D eigenvalue weighted by Crippen LogP contribution is 2.35. The number of likely N-dealkylation sites (tertiary alicyclic amines) is 1. The Kier molecular flexibility index (Phi) is 5.39. The molecule has 1 aromatic rings. The van der Waals surface area contributed by atoms with Gasteiger partial charge in [0.15, 0.2) is 0 Å². The van der Waals surface area contributed by atoms with Crippen LogP contribution in [0.3, 0.4) is 0 Å². The minimum Gasteiger partial charge on any atom is -0.384 e. The molecule has 0 aromatic carbocycles. The van der Waals surface area contributed by atoms with Gasteiger partial charge in [-0.3, -0.25) is 9.36 Å². The van der Waals surface area contributed by atoms with Crippen LogP contribution >= 0.6 is 0 Å². The van der Waals surface area contributed by atoms with Crippen LogP contribution in [-0.2, 0) is 11.3 Å². The number of amides is 1. The summed E-state index contributed by atoms with van der Waals surface area (Å²) < 4.78 is 7.52. The van der Waals surface area contributed by atoms with Crippen molar-refractivity contribution in [1.82, 2.24) is 19.7 Å². The fourth-order valence-electron chi connectivity index (χ4n) is 4.41. The number of methoxy groups -OCH3 is 1. The molecule has 3 aliphatic rings. The van der Waals surface area contributed by atoms with Crippen molar-refractivity contribution < 1.29 is 9.53 Å². The van der Waals surface area contributed by atoms with Crippen LogP contribution in [0, 0.1) is 11.3 Å². The van der Waals surface area contributed by atoms with E-state index in [0.29, 0.717) is 5.82 Å². The van der Waals surface area contributed by atoms with Crippen LogP contribution in [0.5, 0.6) is 0 Å². The lowest BCUT2D eigenvalue weighted by molar-refractivity contribution is 0.0726. The quantitative estimate of drug-likeness (QED) is 0.733. The second kappa shape index (κ2) is 7.78. The maximum atomic E-state index is 13.0. The van der Waals surface area contributed by atoms with E-state index in [9.17, 15) is 4.79 Å². The van der Waals surface area contributed by atoms with Crippen molar-refractivity contribution in [3.05, 3.63) is 5.82 Å². The van der Waals surface area contributed by atoms with Gasteiger partial charge in [-0.05, 0) is 43.4 Å². The van der Waals surface area contributed by atoms with Gasteiger partial charge in [-0.25, -0.2) is 0 Å².